The number of halogens is 1. The molecule has 0 aliphatic heterocycles. The number of hydrogen-bond donors (Lipinski definition) is 2. The molecule has 0 bridgehead atoms. The van der Waals surface area contributed by atoms with Crippen molar-refractivity contribution in [2.45, 2.75) is 6.42 Å². The number of nitro benzene ring substituents is 1. The zero-order valence-electron chi connectivity index (χ0n) is 11.1. The number of carbonyl (C=O) groups is 1. The van der Waals surface area contributed by atoms with Crippen LogP contribution in [0.1, 0.15) is 6.42 Å². The van der Waals surface area contributed by atoms with Gasteiger partial charge in [-0.3, -0.25) is 14.9 Å². The molecule has 0 atom stereocenters. The van der Waals surface area contributed by atoms with Crippen LogP contribution < -0.4 is 15.4 Å². The SMILES string of the molecule is CNCCNC(=O)CCOc1ccccc1[N+](=O)[O-].Cl. The standard InChI is InChI=1S/C12H17N3O4.ClH/c1-13-7-8-14-12(16)6-9-19-11-5-3-2-4-10(11)15(17)18;/h2-5,13H,6-9H2,1H3,(H,14,16);1H. The minimum Gasteiger partial charge on any atom is -0.486 e. The van der Waals surface area contributed by atoms with Crippen LogP contribution in [-0.2, 0) is 4.79 Å². The summed E-state index contributed by atoms with van der Waals surface area (Å²) in [5.74, 6) is 0.0318. The van der Waals surface area contributed by atoms with Crippen LogP contribution in [0.3, 0.4) is 0 Å². The third-order valence-electron chi connectivity index (χ3n) is 2.35. The first-order valence-corrected chi connectivity index (χ1v) is 5.92. The molecular formula is C12H18ClN3O4. The highest BCUT2D eigenvalue weighted by Gasteiger charge is 2.13. The van der Waals surface area contributed by atoms with Gasteiger partial charge < -0.3 is 15.4 Å². The molecule has 0 heterocycles. The Hall–Kier alpha value is -1.86. The Morgan fingerprint density at radius 2 is 2.05 bits per heavy atom. The number of hydrogen-bond acceptors (Lipinski definition) is 5. The summed E-state index contributed by atoms with van der Waals surface area (Å²) in [6, 6.07) is 6.09. The predicted octanol–water partition coefficient (Wildman–Crippen LogP) is 1.12. The van der Waals surface area contributed by atoms with E-state index in [1.54, 1.807) is 19.2 Å². The van der Waals surface area contributed by atoms with Gasteiger partial charge in [0.15, 0.2) is 5.75 Å². The van der Waals surface area contributed by atoms with E-state index in [1.165, 1.54) is 12.1 Å². The van der Waals surface area contributed by atoms with E-state index in [1.807, 2.05) is 0 Å². The Balaban J connectivity index is 0.00000361. The molecule has 112 valence electrons. The monoisotopic (exact) mass is 303 g/mol. The number of likely N-dealkylation sites (N-methyl/N-ethyl adjacent to an activating group) is 1. The first-order valence-electron chi connectivity index (χ1n) is 5.92. The molecule has 7 nitrogen and oxygen atoms in total. The lowest BCUT2D eigenvalue weighted by atomic mass is 10.3. The van der Waals surface area contributed by atoms with Crippen LogP contribution in [0.4, 0.5) is 5.69 Å². The Bertz CT molecular complexity index is 442. The number of amides is 1. The van der Waals surface area contributed by atoms with Crippen molar-refractivity contribution in [3.8, 4) is 5.75 Å². The second kappa shape index (κ2) is 9.99. The maximum Gasteiger partial charge on any atom is 0.310 e. The van der Waals surface area contributed by atoms with Crippen molar-refractivity contribution in [1.29, 1.82) is 0 Å². The number of nitrogens with one attached hydrogen (secondary N) is 2. The molecule has 0 aliphatic rings. The van der Waals surface area contributed by atoms with Gasteiger partial charge in [-0.05, 0) is 13.1 Å². The van der Waals surface area contributed by atoms with Crippen LogP contribution in [-0.4, -0.2) is 37.6 Å². The molecule has 0 spiro atoms. The summed E-state index contributed by atoms with van der Waals surface area (Å²) in [7, 11) is 1.80. The number of rotatable bonds is 8. The second-order valence-electron chi connectivity index (χ2n) is 3.78. The lowest BCUT2D eigenvalue weighted by molar-refractivity contribution is -0.385. The molecule has 0 saturated carbocycles. The summed E-state index contributed by atoms with van der Waals surface area (Å²) in [4.78, 5) is 21.6. The van der Waals surface area contributed by atoms with Crippen molar-refractivity contribution in [1.82, 2.24) is 10.6 Å². The number of para-hydroxylation sites is 2. The Kier molecular flexibility index (Phi) is 9.06. The van der Waals surface area contributed by atoms with Crippen molar-refractivity contribution in [2.24, 2.45) is 0 Å². The van der Waals surface area contributed by atoms with Gasteiger partial charge in [0, 0.05) is 19.2 Å². The normalized spacial score (nSPS) is 9.45. The molecule has 8 heteroatoms. The van der Waals surface area contributed by atoms with Crippen LogP contribution in [0.15, 0.2) is 24.3 Å². The number of carbonyl (C=O) groups excluding carboxylic acids is 1. The van der Waals surface area contributed by atoms with Crippen LogP contribution in [0.5, 0.6) is 5.75 Å². The molecule has 2 N–H and O–H groups in total. The van der Waals surface area contributed by atoms with E-state index in [0.29, 0.717) is 13.1 Å². The minimum atomic E-state index is -0.512. The van der Waals surface area contributed by atoms with Crippen molar-refractivity contribution >= 4 is 24.0 Å². The molecule has 20 heavy (non-hydrogen) atoms. The summed E-state index contributed by atoms with van der Waals surface area (Å²) in [5.41, 5.74) is -0.0990. The Labute approximate surface area is 123 Å². The molecule has 1 amide bonds. The number of ether oxygens (including phenoxy) is 1. The van der Waals surface area contributed by atoms with Crippen molar-refractivity contribution in [3.05, 3.63) is 34.4 Å². The fourth-order valence-electron chi connectivity index (χ4n) is 1.40. The number of nitro groups is 1. The average Bonchev–Trinajstić information content (AvgIpc) is 2.39. The lowest BCUT2D eigenvalue weighted by Gasteiger charge is -2.07. The quantitative estimate of drug-likeness (QED) is 0.426. The smallest absolute Gasteiger partial charge is 0.310 e. The molecule has 1 rings (SSSR count). The zero-order valence-corrected chi connectivity index (χ0v) is 11.9. The Morgan fingerprint density at radius 1 is 1.35 bits per heavy atom. The van der Waals surface area contributed by atoms with E-state index in [0.717, 1.165) is 0 Å². The molecule has 1 aromatic carbocycles. The highest BCUT2D eigenvalue weighted by molar-refractivity contribution is 5.85. The molecule has 0 aromatic heterocycles. The van der Waals surface area contributed by atoms with Gasteiger partial charge in [-0.25, -0.2) is 0 Å². The Morgan fingerprint density at radius 3 is 2.70 bits per heavy atom. The third-order valence-corrected chi connectivity index (χ3v) is 2.35. The molecule has 0 unspecified atom stereocenters. The molecule has 0 radical (unpaired) electrons. The largest absolute Gasteiger partial charge is 0.486 e. The van der Waals surface area contributed by atoms with Gasteiger partial charge in [-0.2, -0.15) is 0 Å². The molecule has 0 fully saturated rings. The van der Waals surface area contributed by atoms with Gasteiger partial charge in [-0.1, -0.05) is 12.1 Å². The average molecular weight is 304 g/mol. The van der Waals surface area contributed by atoms with Crippen molar-refractivity contribution < 1.29 is 14.5 Å². The first kappa shape index (κ1) is 18.1. The molecule has 1 aromatic rings. The van der Waals surface area contributed by atoms with Gasteiger partial charge in [-0.15, -0.1) is 12.4 Å². The molecular weight excluding hydrogens is 286 g/mol. The third kappa shape index (κ3) is 6.35. The summed E-state index contributed by atoms with van der Waals surface area (Å²) >= 11 is 0. The first-order chi connectivity index (χ1) is 9.15. The van der Waals surface area contributed by atoms with Crippen LogP contribution >= 0.6 is 12.4 Å². The van der Waals surface area contributed by atoms with Crippen molar-refractivity contribution in [3.63, 3.8) is 0 Å². The molecule has 0 aliphatic carbocycles. The molecule has 0 saturated heterocycles. The number of benzene rings is 1. The van der Waals surface area contributed by atoms with E-state index in [2.05, 4.69) is 10.6 Å². The van der Waals surface area contributed by atoms with E-state index in [-0.39, 0.29) is 42.8 Å². The van der Waals surface area contributed by atoms with E-state index >= 15 is 0 Å². The fourth-order valence-corrected chi connectivity index (χ4v) is 1.40. The highest BCUT2D eigenvalue weighted by atomic mass is 35.5. The highest BCUT2D eigenvalue weighted by Crippen LogP contribution is 2.25. The topological polar surface area (TPSA) is 93.5 Å². The van der Waals surface area contributed by atoms with Crippen LogP contribution in [0.25, 0.3) is 0 Å². The maximum atomic E-state index is 11.4. The summed E-state index contributed by atoms with van der Waals surface area (Å²) < 4.78 is 5.26. The zero-order chi connectivity index (χ0) is 14.1. The van der Waals surface area contributed by atoms with Crippen molar-refractivity contribution in [2.75, 3.05) is 26.7 Å². The van der Waals surface area contributed by atoms with E-state index in [9.17, 15) is 14.9 Å². The fraction of sp³-hybridized carbons (Fsp3) is 0.417. The second-order valence-corrected chi connectivity index (χ2v) is 3.78. The van der Waals surface area contributed by atoms with Crippen LogP contribution in [0.2, 0.25) is 0 Å². The summed E-state index contributed by atoms with van der Waals surface area (Å²) in [5, 5.41) is 16.3. The maximum absolute atomic E-state index is 11.4. The summed E-state index contributed by atoms with van der Waals surface area (Å²) in [6.45, 7) is 1.34. The van der Waals surface area contributed by atoms with Gasteiger partial charge in [0.2, 0.25) is 5.91 Å². The summed E-state index contributed by atoms with van der Waals surface area (Å²) in [6.07, 6.45) is 0.162. The van der Waals surface area contributed by atoms with Gasteiger partial charge >= 0.3 is 5.69 Å². The van der Waals surface area contributed by atoms with Crippen LogP contribution in [0, 0.1) is 10.1 Å². The van der Waals surface area contributed by atoms with Gasteiger partial charge in [0.1, 0.15) is 0 Å². The van der Waals surface area contributed by atoms with Gasteiger partial charge in [0.25, 0.3) is 0 Å². The van der Waals surface area contributed by atoms with Gasteiger partial charge in [0.05, 0.1) is 18.0 Å². The number of nitrogens with zero attached hydrogens (tertiary/aromatic N) is 1. The lowest BCUT2D eigenvalue weighted by Crippen LogP contribution is -2.31. The van der Waals surface area contributed by atoms with E-state index in [4.69, 9.17) is 4.74 Å². The van der Waals surface area contributed by atoms with E-state index < -0.39 is 4.92 Å². The minimum absolute atomic E-state index is 0. The predicted molar refractivity (Wildman–Crippen MR) is 77.4 cm³/mol.